The topological polar surface area (TPSA) is 61.0 Å². The molecule has 24 heavy (non-hydrogen) atoms. The molecule has 2 N–H and O–H groups in total. The number of nitrogens with zero attached hydrogens (tertiary/aromatic N) is 2. The number of alkyl halides is 3. The molecule has 0 aromatic carbocycles. The van der Waals surface area contributed by atoms with Gasteiger partial charge in [0, 0.05) is 25.2 Å². The Hall–Kier alpha value is -2.03. The van der Waals surface area contributed by atoms with Gasteiger partial charge in [0.2, 0.25) is 5.91 Å². The second kappa shape index (κ2) is 6.84. The third kappa shape index (κ3) is 4.28. The number of hydrogen-bond donors (Lipinski definition) is 2. The molecule has 0 saturated carbocycles. The number of aromatic nitrogens is 2. The zero-order valence-corrected chi connectivity index (χ0v) is 13.6. The van der Waals surface area contributed by atoms with Gasteiger partial charge in [0.05, 0.1) is 10.6 Å². The molecule has 0 radical (unpaired) electrons. The van der Waals surface area contributed by atoms with Gasteiger partial charge in [-0.1, -0.05) is 6.07 Å². The number of carbonyl (C=O) groups is 1. The van der Waals surface area contributed by atoms with Gasteiger partial charge in [-0.25, -0.2) is 0 Å². The van der Waals surface area contributed by atoms with E-state index in [9.17, 15) is 18.0 Å². The minimum absolute atomic E-state index is 0.216. The van der Waals surface area contributed by atoms with Crippen LogP contribution in [0.15, 0.2) is 23.6 Å². The Morgan fingerprint density at radius 3 is 2.79 bits per heavy atom. The lowest BCUT2D eigenvalue weighted by Gasteiger charge is -2.32. The van der Waals surface area contributed by atoms with Gasteiger partial charge in [0.1, 0.15) is 6.42 Å². The van der Waals surface area contributed by atoms with E-state index in [4.69, 9.17) is 0 Å². The summed E-state index contributed by atoms with van der Waals surface area (Å²) in [4.78, 5) is 14.5. The average molecular weight is 358 g/mol. The summed E-state index contributed by atoms with van der Waals surface area (Å²) in [7, 11) is 0. The molecular formula is C15H17F3N4OS. The van der Waals surface area contributed by atoms with Crippen LogP contribution in [0.1, 0.15) is 19.3 Å². The number of nitrogens with one attached hydrogen (secondary N) is 2. The minimum atomic E-state index is -4.46. The van der Waals surface area contributed by atoms with E-state index in [2.05, 4.69) is 20.4 Å². The van der Waals surface area contributed by atoms with E-state index in [1.165, 1.54) is 0 Å². The van der Waals surface area contributed by atoms with Crippen LogP contribution in [-0.2, 0) is 4.79 Å². The van der Waals surface area contributed by atoms with Gasteiger partial charge in [0.25, 0.3) is 0 Å². The Morgan fingerprint density at radius 2 is 2.17 bits per heavy atom. The normalized spacial score (nSPS) is 16.4. The molecule has 0 bridgehead atoms. The Balaban J connectivity index is 1.51. The van der Waals surface area contributed by atoms with Crippen molar-refractivity contribution in [3.63, 3.8) is 0 Å². The lowest BCUT2D eigenvalue weighted by molar-refractivity contribution is -0.154. The van der Waals surface area contributed by atoms with Crippen molar-refractivity contribution in [1.82, 2.24) is 15.5 Å². The van der Waals surface area contributed by atoms with Crippen LogP contribution in [0.25, 0.3) is 10.6 Å². The summed E-state index contributed by atoms with van der Waals surface area (Å²) in [5, 5.41) is 11.8. The van der Waals surface area contributed by atoms with Gasteiger partial charge in [0.15, 0.2) is 5.82 Å². The first-order valence-electron chi connectivity index (χ1n) is 7.61. The molecule has 1 aliphatic rings. The van der Waals surface area contributed by atoms with Crippen LogP contribution in [0.4, 0.5) is 19.0 Å². The molecule has 0 unspecified atom stereocenters. The van der Waals surface area contributed by atoms with E-state index in [-0.39, 0.29) is 6.04 Å². The molecular weight excluding hydrogens is 341 g/mol. The maximum atomic E-state index is 12.2. The largest absolute Gasteiger partial charge is 0.397 e. The highest BCUT2D eigenvalue weighted by atomic mass is 32.1. The lowest BCUT2D eigenvalue weighted by Crippen LogP contribution is -2.45. The molecule has 130 valence electrons. The van der Waals surface area contributed by atoms with Crippen molar-refractivity contribution >= 4 is 23.1 Å². The van der Waals surface area contributed by atoms with Crippen LogP contribution in [0.2, 0.25) is 0 Å². The summed E-state index contributed by atoms with van der Waals surface area (Å²) in [6.45, 7) is 1.29. The van der Waals surface area contributed by atoms with E-state index in [1.807, 2.05) is 23.6 Å². The monoisotopic (exact) mass is 358 g/mol. The molecule has 2 aromatic heterocycles. The average Bonchev–Trinajstić information content (AvgIpc) is 3.17. The summed E-state index contributed by atoms with van der Waals surface area (Å²) >= 11 is 1.62. The zero-order valence-electron chi connectivity index (χ0n) is 12.8. The molecule has 9 heteroatoms. The predicted molar refractivity (Wildman–Crippen MR) is 86.0 cm³/mol. The Kier molecular flexibility index (Phi) is 4.79. The molecule has 1 saturated heterocycles. The zero-order chi connectivity index (χ0) is 17.2. The van der Waals surface area contributed by atoms with Crippen LogP contribution in [0.3, 0.4) is 0 Å². The number of anilines is 1. The van der Waals surface area contributed by atoms with Crippen LogP contribution < -0.4 is 10.2 Å². The van der Waals surface area contributed by atoms with Crippen molar-refractivity contribution in [3.8, 4) is 10.6 Å². The fourth-order valence-corrected chi connectivity index (χ4v) is 3.44. The SMILES string of the molecule is O=C(CC(F)(F)F)NC1CCN(c2cc(-c3cccs3)[nH]n2)CC1. The van der Waals surface area contributed by atoms with Crippen molar-refractivity contribution in [2.75, 3.05) is 18.0 Å². The molecule has 1 amide bonds. The molecule has 3 heterocycles. The summed E-state index contributed by atoms with van der Waals surface area (Å²) < 4.78 is 36.5. The Bertz CT molecular complexity index is 675. The number of aromatic amines is 1. The van der Waals surface area contributed by atoms with Crippen LogP contribution >= 0.6 is 11.3 Å². The lowest BCUT2D eigenvalue weighted by atomic mass is 10.0. The molecule has 1 fully saturated rings. The van der Waals surface area contributed by atoms with Crippen molar-refractivity contribution < 1.29 is 18.0 Å². The summed E-state index contributed by atoms with van der Waals surface area (Å²) in [5.41, 5.74) is 0.945. The predicted octanol–water partition coefficient (Wildman–Crippen LogP) is 3.18. The minimum Gasteiger partial charge on any atom is -0.355 e. The fraction of sp³-hybridized carbons (Fsp3) is 0.467. The Labute approximate surface area is 140 Å². The van der Waals surface area contributed by atoms with E-state index < -0.39 is 18.5 Å². The summed E-state index contributed by atoms with van der Waals surface area (Å²) in [6.07, 6.45) is -4.68. The molecule has 1 aliphatic heterocycles. The summed E-state index contributed by atoms with van der Waals surface area (Å²) in [6, 6.07) is 5.72. The number of rotatable bonds is 4. The summed E-state index contributed by atoms with van der Waals surface area (Å²) in [5.74, 6) is -0.140. The third-order valence-electron chi connectivity index (χ3n) is 3.90. The first kappa shape index (κ1) is 16.8. The van der Waals surface area contributed by atoms with Gasteiger partial charge < -0.3 is 10.2 Å². The Morgan fingerprint density at radius 1 is 1.42 bits per heavy atom. The number of thiophene rings is 1. The first-order chi connectivity index (χ1) is 11.4. The standard InChI is InChI=1S/C15H17F3N4OS/c16-15(17,18)9-14(23)19-10-3-5-22(6-4-10)13-8-11(20-21-13)12-2-1-7-24-12/h1-2,7-8,10H,3-6,9H2,(H,19,23)(H,20,21). The molecule has 0 atom stereocenters. The molecule has 0 aliphatic carbocycles. The number of H-pyrrole nitrogens is 1. The van der Waals surface area contributed by atoms with E-state index in [1.54, 1.807) is 11.3 Å². The molecule has 5 nitrogen and oxygen atoms in total. The van der Waals surface area contributed by atoms with Gasteiger partial charge in [-0.15, -0.1) is 11.3 Å². The van der Waals surface area contributed by atoms with Gasteiger partial charge in [-0.3, -0.25) is 9.89 Å². The number of carbonyl (C=O) groups excluding carboxylic acids is 1. The molecule has 2 aromatic rings. The highest BCUT2D eigenvalue weighted by Crippen LogP contribution is 2.27. The fourth-order valence-electron chi connectivity index (χ4n) is 2.74. The highest BCUT2D eigenvalue weighted by molar-refractivity contribution is 7.13. The molecule has 3 rings (SSSR count). The second-order valence-corrected chi connectivity index (χ2v) is 6.69. The van der Waals surface area contributed by atoms with Crippen LogP contribution in [0, 0.1) is 0 Å². The van der Waals surface area contributed by atoms with E-state index >= 15 is 0 Å². The van der Waals surface area contributed by atoms with Gasteiger partial charge in [-0.2, -0.15) is 18.3 Å². The van der Waals surface area contributed by atoms with Crippen molar-refractivity contribution in [2.45, 2.75) is 31.5 Å². The van der Waals surface area contributed by atoms with E-state index in [0.29, 0.717) is 25.9 Å². The third-order valence-corrected chi connectivity index (χ3v) is 4.80. The molecule has 0 spiro atoms. The van der Waals surface area contributed by atoms with E-state index in [0.717, 1.165) is 16.4 Å². The van der Waals surface area contributed by atoms with Crippen molar-refractivity contribution in [2.24, 2.45) is 0 Å². The number of hydrogen-bond acceptors (Lipinski definition) is 4. The first-order valence-corrected chi connectivity index (χ1v) is 8.49. The van der Waals surface area contributed by atoms with Crippen molar-refractivity contribution in [1.29, 1.82) is 0 Å². The maximum Gasteiger partial charge on any atom is 0.397 e. The smallest absolute Gasteiger partial charge is 0.355 e. The maximum absolute atomic E-state index is 12.2. The van der Waals surface area contributed by atoms with Gasteiger partial charge in [-0.05, 0) is 24.3 Å². The number of piperidine rings is 1. The van der Waals surface area contributed by atoms with Crippen LogP contribution in [-0.4, -0.2) is 41.4 Å². The van der Waals surface area contributed by atoms with Gasteiger partial charge >= 0.3 is 6.18 Å². The second-order valence-electron chi connectivity index (χ2n) is 5.74. The number of halogens is 3. The quantitative estimate of drug-likeness (QED) is 0.883. The van der Waals surface area contributed by atoms with Crippen molar-refractivity contribution in [3.05, 3.63) is 23.6 Å². The highest BCUT2D eigenvalue weighted by Gasteiger charge is 2.32. The van der Waals surface area contributed by atoms with Crippen LogP contribution in [0.5, 0.6) is 0 Å². The number of amides is 1.